The quantitative estimate of drug-likeness (QED) is 0.869. The summed E-state index contributed by atoms with van der Waals surface area (Å²) in [4.78, 5) is 14.8. The molecule has 0 bridgehead atoms. The van der Waals surface area contributed by atoms with E-state index in [1.54, 1.807) is 17.0 Å². The highest BCUT2D eigenvalue weighted by molar-refractivity contribution is 7.92. The van der Waals surface area contributed by atoms with Crippen LogP contribution in [0.3, 0.4) is 0 Å². The molecule has 0 aromatic heterocycles. The normalized spacial score (nSPS) is 22.1. The van der Waals surface area contributed by atoms with Crippen LogP contribution in [0.15, 0.2) is 48.5 Å². The van der Waals surface area contributed by atoms with Gasteiger partial charge in [0.25, 0.3) is 5.91 Å². The second-order valence-electron chi connectivity index (χ2n) is 7.32. The van der Waals surface area contributed by atoms with Crippen molar-refractivity contribution in [1.29, 1.82) is 0 Å². The molecule has 1 fully saturated rings. The Morgan fingerprint density at radius 1 is 1.11 bits per heavy atom. The Balaban J connectivity index is 1.54. The smallest absolute Gasteiger partial charge is 0.253 e. The average Bonchev–Trinajstić information content (AvgIpc) is 3.24. The third-order valence-corrected chi connectivity index (χ3v) is 6.64. The molecule has 2 heterocycles. The van der Waals surface area contributed by atoms with E-state index in [2.05, 4.69) is 0 Å². The molecule has 2 aliphatic rings. The van der Waals surface area contributed by atoms with Crippen molar-refractivity contribution in [3.05, 3.63) is 65.2 Å². The first-order valence-corrected chi connectivity index (χ1v) is 10.9. The summed E-state index contributed by atoms with van der Waals surface area (Å²) in [6.07, 6.45) is 1.83. The first-order chi connectivity index (χ1) is 12.8. The average molecular weight is 385 g/mol. The molecule has 2 aliphatic heterocycles. The van der Waals surface area contributed by atoms with Crippen LogP contribution in [-0.4, -0.2) is 51.2 Å². The van der Waals surface area contributed by atoms with Crippen LogP contribution in [0.1, 0.15) is 27.4 Å². The Hall–Kier alpha value is -2.38. The van der Waals surface area contributed by atoms with Crippen LogP contribution < -0.4 is 10.0 Å². The molecule has 0 radical (unpaired) electrons. The molecule has 7 heteroatoms. The SMILES string of the molecule is CS(=O)(=O)N1CCc2cc(C(=O)N3C[C@@H](N)[C@H](c4ccccc4)C3)ccc21. The maximum absolute atomic E-state index is 13.0. The van der Waals surface area contributed by atoms with Crippen LogP contribution in [-0.2, 0) is 16.4 Å². The fraction of sp³-hybridized carbons (Fsp3) is 0.350. The van der Waals surface area contributed by atoms with Crippen LogP contribution in [0.25, 0.3) is 0 Å². The summed E-state index contributed by atoms with van der Waals surface area (Å²) in [6.45, 7) is 1.54. The van der Waals surface area contributed by atoms with Gasteiger partial charge in [-0.25, -0.2) is 8.42 Å². The molecule has 0 saturated carbocycles. The fourth-order valence-corrected chi connectivity index (χ4v) is 5.04. The minimum absolute atomic E-state index is 0.0514. The number of anilines is 1. The topological polar surface area (TPSA) is 83.7 Å². The number of rotatable bonds is 3. The Morgan fingerprint density at radius 2 is 1.85 bits per heavy atom. The van der Waals surface area contributed by atoms with Gasteiger partial charge in [-0.3, -0.25) is 9.10 Å². The molecule has 27 heavy (non-hydrogen) atoms. The van der Waals surface area contributed by atoms with E-state index in [0.717, 1.165) is 11.1 Å². The molecule has 2 N–H and O–H groups in total. The van der Waals surface area contributed by atoms with Crippen LogP contribution in [0.2, 0.25) is 0 Å². The lowest BCUT2D eigenvalue weighted by atomic mass is 9.95. The highest BCUT2D eigenvalue weighted by atomic mass is 32.2. The highest BCUT2D eigenvalue weighted by Crippen LogP contribution is 2.32. The number of nitrogens with zero attached hydrogens (tertiary/aromatic N) is 2. The van der Waals surface area contributed by atoms with E-state index in [9.17, 15) is 13.2 Å². The molecule has 4 rings (SSSR count). The van der Waals surface area contributed by atoms with Crippen LogP contribution >= 0.6 is 0 Å². The zero-order valence-electron chi connectivity index (χ0n) is 15.2. The fourth-order valence-electron chi connectivity index (χ4n) is 4.08. The van der Waals surface area contributed by atoms with Crippen molar-refractivity contribution in [2.24, 2.45) is 5.73 Å². The van der Waals surface area contributed by atoms with Gasteiger partial charge in [0, 0.05) is 37.2 Å². The molecule has 6 nitrogen and oxygen atoms in total. The standard InChI is InChI=1S/C20H23N3O3S/c1-27(25,26)23-10-9-15-11-16(7-8-19(15)23)20(24)22-12-17(18(21)13-22)14-5-3-2-4-6-14/h2-8,11,17-18H,9-10,12-13,21H2,1H3/t17-,18+/m0/s1. The molecule has 142 valence electrons. The first-order valence-electron chi connectivity index (χ1n) is 9.05. The van der Waals surface area contributed by atoms with Gasteiger partial charge in [0.2, 0.25) is 10.0 Å². The number of fused-ring (bicyclic) bond motifs is 1. The summed E-state index contributed by atoms with van der Waals surface area (Å²) in [5.41, 5.74) is 9.62. The maximum Gasteiger partial charge on any atom is 0.253 e. The Kier molecular flexibility index (Phi) is 4.44. The summed E-state index contributed by atoms with van der Waals surface area (Å²) < 4.78 is 25.1. The second kappa shape index (κ2) is 6.65. The van der Waals surface area contributed by atoms with E-state index in [4.69, 9.17) is 5.73 Å². The van der Waals surface area contributed by atoms with Crippen molar-refractivity contribution >= 4 is 21.6 Å². The zero-order chi connectivity index (χ0) is 19.2. The molecule has 0 spiro atoms. The molecule has 2 aromatic carbocycles. The predicted octanol–water partition coefficient (Wildman–Crippen LogP) is 1.58. The Morgan fingerprint density at radius 3 is 2.56 bits per heavy atom. The van der Waals surface area contributed by atoms with Crippen molar-refractivity contribution in [3.8, 4) is 0 Å². The molecule has 2 atom stereocenters. The predicted molar refractivity (Wildman–Crippen MR) is 105 cm³/mol. The first kappa shape index (κ1) is 18.0. The molecular formula is C20H23N3O3S. The van der Waals surface area contributed by atoms with E-state index in [-0.39, 0.29) is 17.9 Å². The summed E-state index contributed by atoms with van der Waals surface area (Å²) >= 11 is 0. The van der Waals surface area contributed by atoms with Crippen molar-refractivity contribution < 1.29 is 13.2 Å². The summed E-state index contributed by atoms with van der Waals surface area (Å²) in [6, 6.07) is 15.2. The van der Waals surface area contributed by atoms with Crippen molar-refractivity contribution in [3.63, 3.8) is 0 Å². The van der Waals surface area contributed by atoms with E-state index in [1.165, 1.54) is 10.6 Å². The highest BCUT2D eigenvalue weighted by Gasteiger charge is 2.35. The van der Waals surface area contributed by atoms with Crippen LogP contribution in [0, 0.1) is 0 Å². The van der Waals surface area contributed by atoms with Crippen LogP contribution in [0.4, 0.5) is 5.69 Å². The van der Waals surface area contributed by atoms with Gasteiger partial charge < -0.3 is 10.6 Å². The number of likely N-dealkylation sites (tertiary alicyclic amines) is 1. The van der Waals surface area contributed by atoms with E-state index in [1.807, 2.05) is 36.4 Å². The minimum Gasteiger partial charge on any atom is -0.336 e. The van der Waals surface area contributed by atoms with E-state index >= 15 is 0 Å². The number of carbonyl (C=O) groups excluding carboxylic acids is 1. The zero-order valence-corrected chi connectivity index (χ0v) is 16.0. The third kappa shape index (κ3) is 3.33. The Labute approximate surface area is 159 Å². The van der Waals surface area contributed by atoms with Gasteiger partial charge in [-0.05, 0) is 35.7 Å². The summed E-state index contributed by atoms with van der Waals surface area (Å²) in [5.74, 6) is 0.0785. The van der Waals surface area contributed by atoms with Crippen molar-refractivity contribution in [1.82, 2.24) is 4.90 Å². The summed E-state index contributed by atoms with van der Waals surface area (Å²) in [7, 11) is -3.29. The largest absolute Gasteiger partial charge is 0.336 e. The van der Waals surface area contributed by atoms with Crippen LogP contribution in [0.5, 0.6) is 0 Å². The Bertz CT molecular complexity index is 975. The number of sulfonamides is 1. The van der Waals surface area contributed by atoms with Gasteiger partial charge in [-0.2, -0.15) is 0 Å². The monoisotopic (exact) mass is 385 g/mol. The molecule has 1 saturated heterocycles. The lowest BCUT2D eigenvalue weighted by Gasteiger charge is -2.18. The number of nitrogens with two attached hydrogens (primary N) is 1. The summed E-state index contributed by atoms with van der Waals surface area (Å²) in [5, 5.41) is 0. The van der Waals surface area contributed by atoms with Gasteiger partial charge in [0.1, 0.15) is 0 Å². The van der Waals surface area contributed by atoms with Crippen molar-refractivity contribution in [2.75, 3.05) is 30.2 Å². The van der Waals surface area contributed by atoms with Gasteiger partial charge in [-0.15, -0.1) is 0 Å². The number of carbonyl (C=O) groups is 1. The third-order valence-electron chi connectivity index (χ3n) is 5.46. The lowest BCUT2D eigenvalue weighted by Crippen LogP contribution is -2.32. The number of amides is 1. The number of hydrogen-bond donors (Lipinski definition) is 1. The molecular weight excluding hydrogens is 362 g/mol. The minimum atomic E-state index is -3.29. The van der Waals surface area contributed by atoms with Gasteiger partial charge in [-0.1, -0.05) is 30.3 Å². The molecule has 1 amide bonds. The van der Waals surface area contributed by atoms with Crippen molar-refractivity contribution in [2.45, 2.75) is 18.4 Å². The van der Waals surface area contributed by atoms with E-state index in [0.29, 0.717) is 37.3 Å². The van der Waals surface area contributed by atoms with Gasteiger partial charge >= 0.3 is 0 Å². The van der Waals surface area contributed by atoms with Gasteiger partial charge in [0.15, 0.2) is 0 Å². The number of benzene rings is 2. The molecule has 0 aliphatic carbocycles. The molecule has 0 unspecified atom stereocenters. The van der Waals surface area contributed by atoms with Gasteiger partial charge in [0.05, 0.1) is 11.9 Å². The number of hydrogen-bond acceptors (Lipinski definition) is 4. The van der Waals surface area contributed by atoms with E-state index < -0.39 is 10.0 Å². The second-order valence-corrected chi connectivity index (χ2v) is 9.23. The molecule has 2 aromatic rings. The maximum atomic E-state index is 13.0. The lowest BCUT2D eigenvalue weighted by molar-refractivity contribution is 0.0789.